The van der Waals surface area contributed by atoms with E-state index in [1.165, 1.54) is 38.5 Å². The Kier molecular flexibility index (Phi) is 15.4. The molecule has 2 heterocycles. The van der Waals surface area contributed by atoms with Crippen LogP contribution in [0.25, 0.3) is 11.4 Å². The van der Waals surface area contributed by atoms with Gasteiger partial charge in [-0.2, -0.15) is 0 Å². The van der Waals surface area contributed by atoms with Crippen LogP contribution in [0.1, 0.15) is 43.2 Å². The van der Waals surface area contributed by atoms with Gasteiger partial charge in [-0.25, -0.2) is 19.6 Å². The number of benzene rings is 2. The van der Waals surface area contributed by atoms with Crippen molar-refractivity contribution >= 4 is 23.9 Å². The van der Waals surface area contributed by atoms with E-state index in [2.05, 4.69) is 9.97 Å². The van der Waals surface area contributed by atoms with Crippen LogP contribution < -0.4 is 78.8 Å². The number of carboxylic acids is 2. The van der Waals surface area contributed by atoms with Crippen LogP contribution in [0.15, 0.2) is 72.8 Å². The maximum Gasteiger partial charge on any atom is 1.00 e. The van der Waals surface area contributed by atoms with Gasteiger partial charge in [-0.05, 0) is 47.5 Å². The van der Waals surface area contributed by atoms with Crippen LogP contribution in [0.4, 0.5) is 0 Å². The first-order valence-corrected chi connectivity index (χ1v) is 13.2. The van der Waals surface area contributed by atoms with Crippen LogP contribution in [0.5, 0.6) is 11.5 Å². The molecular weight excluding hydrogens is 618 g/mol. The van der Waals surface area contributed by atoms with Crippen LogP contribution in [0.3, 0.4) is 0 Å². The molecule has 0 saturated carbocycles. The number of hydrogen-bond acceptors (Lipinski definition) is 12. The number of para-hydroxylation sites is 2. The Hall–Kier alpha value is -3.78. The molecule has 0 bridgehead atoms. The number of methoxy groups -OCH3 is 2. The third-order valence-corrected chi connectivity index (χ3v) is 6.23. The Morgan fingerprint density at radius 2 is 0.978 bits per heavy atom. The topological polar surface area (TPSA) is 177 Å². The van der Waals surface area contributed by atoms with Crippen LogP contribution in [-0.4, -0.2) is 48.1 Å². The molecule has 0 radical (unpaired) electrons. The Bertz CT molecular complexity index is 1590. The van der Waals surface area contributed by atoms with Gasteiger partial charge in [0.25, 0.3) is 0 Å². The van der Waals surface area contributed by atoms with Gasteiger partial charge in [0.05, 0.1) is 48.1 Å². The van der Waals surface area contributed by atoms with Crippen molar-refractivity contribution in [3.63, 3.8) is 0 Å². The van der Waals surface area contributed by atoms with Crippen molar-refractivity contribution in [2.45, 2.75) is 26.1 Å². The van der Waals surface area contributed by atoms with E-state index in [1.807, 2.05) is 0 Å². The molecule has 0 fully saturated rings. The summed E-state index contributed by atoms with van der Waals surface area (Å²) in [4.78, 5) is 56.5. The third-order valence-electron chi connectivity index (χ3n) is 6.23. The molecule has 2 aromatic heterocycles. The molecule has 0 saturated heterocycles. The standard InChI is InChI=1S/C32H28N2O10.2Na/c1-41-31(39)21-11-23(17-43-27-9-5-3-7-19(27)15-29(35)36)33-25(13-21)26-14-22(32(40)42-2)12-24(34-26)18-44-28-10-6-4-8-20(28)16-30(37)38;;/h3-14H,15-18H2,1-2H3,(H,35,36)(H,37,38);;/q;2*+1/p-2. The van der Waals surface area contributed by atoms with Crippen molar-refractivity contribution in [1.82, 2.24) is 9.97 Å². The van der Waals surface area contributed by atoms with Crippen molar-refractivity contribution < 1.29 is 107 Å². The van der Waals surface area contributed by atoms with Gasteiger partial charge in [0.1, 0.15) is 24.7 Å². The minimum Gasteiger partial charge on any atom is -0.550 e. The number of carboxylic acid groups (broad SMARTS) is 2. The minimum absolute atomic E-state index is 0. The Morgan fingerprint density at radius 3 is 1.33 bits per heavy atom. The van der Waals surface area contributed by atoms with Gasteiger partial charge in [-0.3, -0.25) is 0 Å². The summed E-state index contributed by atoms with van der Waals surface area (Å²) in [6.45, 7) is -0.298. The second kappa shape index (κ2) is 18.4. The van der Waals surface area contributed by atoms with Gasteiger partial charge in [0, 0.05) is 24.8 Å². The zero-order valence-electron chi connectivity index (χ0n) is 25.7. The molecule has 226 valence electrons. The van der Waals surface area contributed by atoms with E-state index in [4.69, 9.17) is 18.9 Å². The number of carbonyl (C=O) groups excluding carboxylic acids is 4. The summed E-state index contributed by atoms with van der Waals surface area (Å²) in [7, 11) is 2.44. The summed E-state index contributed by atoms with van der Waals surface area (Å²) >= 11 is 0. The molecule has 0 spiro atoms. The summed E-state index contributed by atoms with van der Waals surface area (Å²) < 4.78 is 21.5. The molecule has 0 atom stereocenters. The zero-order chi connectivity index (χ0) is 31.6. The fourth-order valence-electron chi connectivity index (χ4n) is 4.25. The molecule has 2 aromatic carbocycles. The average Bonchev–Trinajstić information content (AvgIpc) is 3.02. The van der Waals surface area contributed by atoms with Crippen molar-refractivity contribution in [1.29, 1.82) is 0 Å². The third kappa shape index (κ3) is 10.6. The van der Waals surface area contributed by atoms with Gasteiger partial charge < -0.3 is 38.7 Å². The van der Waals surface area contributed by atoms with E-state index < -0.39 is 23.9 Å². The van der Waals surface area contributed by atoms with Crippen molar-refractivity contribution in [2.24, 2.45) is 0 Å². The van der Waals surface area contributed by atoms with E-state index in [1.54, 1.807) is 48.5 Å². The number of aliphatic carboxylic acids is 2. The van der Waals surface area contributed by atoms with E-state index in [9.17, 15) is 29.4 Å². The van der Waals surface area contributed by atoms with Crippen LogP contribution in [0.2, 0.25) is 0 Å². The fourth-order valence-corrected chi connectivity index (χ4v) is 4.25. The number of rotatable bonds is 13. The summed E-state index contributed by atoms with van der Waals surface area (Å²) in [6, 6.07) is 18.9. The molecule has 0 aliphatic heterocycles. The second-order valence-electron chi connectivity index (χ2n) is 9.34. The average molecular weight is 645 g/mol. The van der Waals surface area contributed by atoms with Crippen molar-refractivity contribution in [3.05, 3.63) is 106 Å². The molecule has 46 heavy (non-hydrogen) atoms. The van der Waals surface area contributed by atoms with E-state index >= 15 is 0 Å². The van der Waals surface area contributed by atoms with E-state index in [0.717, 1.165) is 0 Å². The number of nitrogens with zero attached hydrogens (tertiary/aromatic N) is 2. The molecule has 4 rings (SSSR count). The minimum atomic E-state index is -1.27. The molecule has 0 N–H and O–H groups in total. The largest absolute Gasteiger partial charge is 1.00 e. The van der Waals surface area contributed by atoms with Gasteiger partial charge in [0.15, 0.2) is 0 Å². The summed E-state index contributed by atoms with van der Waals surface area (Å²) in [5, 5.41) is 22.3. The number of ether oxygens (including phenoxy) is 4. The molecule has 12 nitrogen and oxygen atoms in total. The van der Waals surface area contributed by atoms with E-state index in [0.29, 0.717) is 22.6 Å². The maximum absolute atomic E-state index is 12.5. The van der Waals surface area contributed by atoms with Crippen LogP contribution in [-0.2, 0) is 45.1 Å². The first-order chi connectivity index (χ1) is 21.2. The maximum atomic E-state index is 12.5. The number of esters is 2. The first-order valence-electron chi connectivity index (χ1n) is 13.2. The predicted octanol–water partition coefficient (Wildman–Crippen LogP) is -4.53. The Labute approximate surface area is 308 Å². The van der Waals surface area contributed by atoms with E-state index in [-0.39, 0.29) is 119 Å². The number of aromatic nitrogens is 2. The quantitative estimate of drug-likeness (QED) is 0.101. The van der Waals surface area contributed by atoms with Crippen LogP contribution >= 0.6 is 0 Å². The summed E-state index contributed by atoms with van der Waals surface area (Å²) in [6.07, 6.45) is -0.715. The van der Waals surface area contributed by atoms with Crippen molar-refractivity contribution in [2.75, 3.05) is 14.2 Å². The molecule has 0 aliphatic rings. The summed E-state index contributed by atoms with van der Waals surface area (Å²) in [5.41, 5.74) is 2.00. The Morgan fingerprint density at radius 1 is 0.609 bits per heavy atom. The smallest absolute Gasteiger partial charge is 0.550 e. The van der Waals surface area contributed by atoms with Gasteiger partial charge in [0.2, 0.25) is 0 Å². The number of carbonyl (C=O) groups is 4. The molecular formula is C32H26N2Na2O10. The van der Waals surface area contributed by atoms with Crippen molar-refractivity contribution in [3.8, 4) is 22.9 Å². The monoisotopic (exact) mass is 644 g/mol. The van der Waals surface area contributed by atoms with Crippen LogP contribution in [0, 0.1) is 0 Å². The first kappa shape index (κ1) is 38.4. The predicted molar refractivity (Wildman–Crippen MR) is 149 cm³/mol. The van der Waals surface area contributed by atoms with Gasteiger partial charge >= 0.3 is 71.1 Å². The number of hydrogen-bond donors (Lipinski definition) is 0. The molecule has 14 heteroatoms. The normalized spacial score (nSPS) is 10.0. The Balaban J connectivity index is 0.00000368. The fraction of sp³-hybridized carbons (Fsp3) is 0.188. The molecule has 0 aliphatic carbocycles. The molecule has 0 unspecified atom stereocenters. The SMILES string of the molecule is COC(=O)c1cc(COc2ccccc2CC(=O)[O-])nc(-c2cc(C(=O)OC)cc(COc3ccccc3CC(=O)[O-])n2)c1.[Na+].[Na+]. The molecule has 4 aromatic rings. The van der Waals surface area contributed by atoms with Gasteiger partial charge in [-0.1, -0.05) is 36.4 Å². The number of pyridine rings is 2. The summed E-state index contributed by atoms with van der Waals surface area (Å²) in [5.74, 6) is -3.27. The second-order valence-corrected chi connectivity index (χ2v) is 9.34. The van der Waals surface area contributed by atoms with Gasteiger partial charge in [-0.15, -0.1) is 0 Å². The zero-order valence-corrected chi connectivity index (χ0v) is 29.7. The molecule has 0 amide bonds.